The van der Waals surface area contributed by atoms with Crippen LogP contribution in [0.2, 0.25) is 0 Å². The second-order valence-corrected chi connectivity index (χ2v) is 8.57. The Labute approximate surface area is 151 Å². The number of ether oxygens (including phenoxy) is 1. The fourth-order valence-electron chi connectivity index (χ4n) is 2.55. The number of nitrogens with zero attached hydrogens (tertiary/aromatic N) is 1. The van der Waals surface area contributed by atoms with Crippen molar-refractivity contribution in [2.24, 2.45) is 0 Å². The molecule has 118 valence electrons. The summed E-state index contributed by atoms with van der Waals surface area (Å²) < 4.78 is 8.10. The molecule has 2 aromatic carbocycles. The summed E-state index contributed by atoms with van der Waals surface area (Å²) in [5, 5.41) is 3.27. The van der Waals surface area contributed by atoms with Crippen molar-refractivity contribution in [1.82, 2.24) is 4.98 Å². The number of rotatable bonds is 4. The second-order valence-electron chi connectivity index (χ2n) is 5.28. The molecule has 0 bridgehead atoms. The van der Waals surface area contributed by atoms with Crippen molar-refractivity contribution in [1.29, 1.82) is 0 Å². The number of thiophene rings is 1. The maximum absolute atomic E-state index is 5.41. The molecule has 0 N–H and O–H groups in total. The van der Waals surface area contributed by atoms with Crippen LogP contribution in [0.25, 0.3) is 21.5 Å². The number of hydrogen-bond acceptors (Lipinski definition) is 3. The molecule has 0 unspecified atom stereocenters. The van der Waals surface area contributed by atoms with E-state index in [0.29, 0.717) is 0 Å². The molecule has 0 fully saturated rings. The van der Waals surface area contributed by atoms with Gasteiger partial charge in [-0.3, -0.25) is 0 Å². The van der Waals surface area contributed by atoms with Crippen LogP contribution < -0.4 is 13.7 Å². The van der Waals surface area contributed by atoms with Gasteiger partial charge in [0.05, 0.1) is 0 Å². The van der Waals surface area contributed by atoms with Crippen LogP contribution in [0, 0.1) is 0 Å². The molecule has 0 aliphatic heterocycles. The van der Waals surface area contributed by atoms with Gasteiger partial charge in [0.25, 0.3) is 0 Å². The summed E-state index contributed by atoms with van der Waals surface area (Å²) in [6.07, 6.45) is 0. The minimum atomic E-state index is 0.223. The average Bonchev–Trinajstić information content (AvgIpc) is 3.17. The monoisotopic (exact) mass is 397 g/mol. The Bertz CT molecular complexity index is 968. The van der Waals surface area contributed by atoms with Gasteiger partial charge in [-0.25, -0.2) is 0 Å². The van der Waals surface area contributed by atoms with E-state index in [1.54, 1.807) is 18.4 Å². The van der Waals surface area contributed by atoms with Gasteiger partial charge < -0.3 is 0 Å². The van der Waals surface area contributed by atoms with Crippen LogP contribution >= 0.6 is 11.3 Å². The van der Waals surface area contributed by atoms with Crippen molar-refractivity contribution in [2.75, 3.05) is 7.11 Å². The molecular formula is C20H15NOSSe. The first-order valence-electron chi connectivity index (χ1n) is 7.59. The van der Waals surface area contributed by atoms with E-state index in [-0.39, 0.29) is 15.0 Å². The molecular weight excluding hydrogens is 381 g/mol. The Morgan fingerprint density at radius 2 is 1.83 bits per heavy atom. The molecule has 24 heavy (non-hydrogen) atoms. The zero-order valence-electron chi connectivity index (χ0n) is 13.1. The molecule has 0 saturated heterocycles. The van der Waals surface area contributed by atoms with Crippen LogP contribution in [0.15, 0.2) is 72.1 Å². The van der Waals surface area contributed by atoms with E-state index in [2.05, 4.69) is 66.0 Å². The summed E-state index contributed by atoms with van der Waals surface area (Å²) in [5.41, 5.74) is 2.07. The molecule has 0 radical (unpaired) electrons. The van der Waals surface area contributed by atoms with E-state index >= 15 is 0 Å². The predicted molar refractivity (Wildman–Crippen MR) is 103 cm³/mol. The SMILES string of the molecule is COc1ccc2nc(-c3cccs3)cc([Se]c3ccccc3)c2c1. The maximum atomic E-state index is 5.41. The van der Waals surface area contributed by atoms with Crippen LogP contribution in [0.4, 0.5) is 0 Å². The fraction of sp³-hybridized carbons (Fsp3) is 0.0500. The van der Waals surface area contributed by atoms with Gasteiger partial charge in [-0.05, 0) is 0 Å². The van der Waals surface area contributed by atoms with Gasteiger partial charge in [-0.2, -0.15) is 0 Å². The molecule has 0 saturated carbocycles. The quantitative estimate of drug-likeness (QED) is 0.492. The number of benzene rings is 2. The zero-order chi connectivity index (χ0) is 16.4. The summed E-state index contributed by atoms with van der Waals surface area (Å²) in [6.45, 7) is 0. The minimum absolute atomic E-state index is 0.223. The Balaban J connectivity index is 1.89. The van der Waals surface area contributed by atoms with Gasteiger partial charge in [-0.15, -0.1) is 0 Å². The third-order valence-corrected chi connectivity index (χ3v) is 6.85. The van der Waals surface area contributed by atoms with Gasteiger partial charge in [0, 0.05) is 0 Å². The summed E-state index contributed by atoms with van der Waals surface area (Å²) in [6, 6.07) is 23.2. The van der Waals surface area contributed by atoms with Gasteiger partial charge >= 0.3 is 151 Å². The standard InChI is InChI=1S/C20H15NOSSe/c1-22-14-9-10-17-16(12-14)20(24-15-6-3-2-4-7-15)13-18(21-17)19-8-5-11-23-19/h2-13H,1H3. The first-order chi connectivity index (χ1) is 11.8. The second kappa shape index (κ2) is 6.78. The Morgan fingerprint density at radius 3 is 2.58 bits per heavy atom. The third-order valence-electron chi connectivity index (χ3n) is 3.72. The van der Waals surface area contributed by atoms with Gasteiger partial charge in [-0.1, -0.05) is 0 Å². The van der Waals surface area contributed by atoms with Crippen molar-refractivity contribution < 1.29 is 4.74 Å². The molecule has 0 spiro atoms. The summed E-state index contributed by atoms with van der Waals surface area (Å²) >= 11 is 1.95. The average molecular weight is 396 g/mol. The van der Waals surface area contributed by atoms with Crippen LogP contribution in [0.5, 0.6) is 5.75 Å². The van der Waals surface area contributed by atoms with Gasteiger partial charge in [0.15, 0.2) is 0 Å². The first kappa shape index (κ1) is 15.4. The Hall–Kier alpha value is -2.13. The van der Waals surface area contributed by atoms with Crippen LogP contribution in [-0.4, -0.2) is 27.1 Å². The molecule has 4 aromatic rings. The van der Waals surface area contributed by atoms with E-state index in [0.717, 1.165) is 17.0 Å². The molecule has 0 atom stereocenters. The van der Waals surface area contributed by atoms with Crippen LogP contribution in [-0.2, 0) is 0 Å². The van der Waals surface area contributed by atoms with Gasteiger partial charge in [0.1, 0.15) is 0 Å². The molecule has 4 heteroatoms. The van der Waals surface area contributed by atoms with E-state index in [9.17, 15) is 0 Å². The number of fused-ring (bicyclic) bond motifs is 1. The Kier molecular flexibility index (Phi) is 4.35. The third kappa shape index (κ3) is 3.09. The molecule has 0 amide bonds. The normalized spacial score (nSPS) is 10.9. The molecule has 0 aliphatic carbocycles. The number of methoxy groups -OCH3 is 1. The van der Waals surface area contributed by atoms with Crippen molar-refractivity contribution in [3.05, 3.63) is 72.1 Å². The predicted octanol–water partition coefficient (Wildman–Crippen LogP) is 3.63. The number of pyridine rings is 1. The Morgan fingerprint density at radius 1 is 0.958 bits per heavy atom. The van der Waals surface area contributed by atoms with Crippen molar-refractivity contribution >= 4 is 46.1 Å². The van der Waals surface area contributed by atoms with E-state index < -0.39 is 0 Å². The first-order valence-corrected chi connectivity index (χ1v) is 10.2. The molecule has 2 nitrogen and oxygen atoms in total. The van der Waals surface area contributed by atoms with Crippen molar-refractivity contribution in [3.63, 3.8) is 0 Å². The van der Waals surface area contributed by atoms with Crippen molar-refractivity contribution in [2.45, 2.75) is 0 Å². The van der Waals surface area contributed by atoms with Crippen LogP contribution in [0.3, 0.4) is 0 Å². The summed E-state index contributed by atoms with van der Waals surface area (Å²) in [4.78, 5) is 6.07. The van der Waals surface area contributed by atoms with Crippen molar-refractivity contribution in [3.8, 4) is 16.3 Å². The molecule has 0 aliphatic rings. The van der Waals surface area contributed by atoms with Gasteiger partial charge in [0.2, 0.25) is 0 Å². The van der Waals surface area contributed by atoms with E-state index in [1.165, 1.54) is 19.2 Å². The zero-order valence-corrected chi connectivity index (χ0v) is 15.6. The molecule has 4 rings (SSSR count). The van der Waals surface area contributed by atoms with E-state index in [4.69, 9.17) is 9.72 Å². The summed E-state index contributed by atoms with van der Waals surface area (Å²) in [5.74, 6) is 0.873. The van der Waals surface area contributed by atoms with Crippen LogP contribution in [0.1, 0.15) is 0 Å². The molecule has 2 aromatic heterocycles. The fourth-order valence-corrected chi connectivity index (χ4v) is 5.32. The topological polar surface area (TPSA) is 22.1 Å². The summed E-state index contributed by atoms with van der Waals surface area (Å²) in [7, 11) is 1.70. The number of aromatic nitrogens is 1. The van der Waals surface area contributed by atoms with E-state index in [1.807, 2.05) is 6.07 Å². The molecule has 2 heterocycles. The number of hydrogen-bond donors (Lipinski definition) is 0.